The van der Waals surface area contributed by atoms with Crippen LogP contribution in [0.4, 0.5) is 0 Å². The Labute approximate surface area is 129 Å². The molecule has 6 heteroatoms. The number of aliphatic carboxylic acids is 1. The van der Waals surface area contributed by atoms with Gasteiger partial charge in [0.1, 0.15) is 11.8 Å². The predicted molar refractivity (Wildman–Crippen MR) is 82.7 cm³/mol. The van der Waals surface area contributed by atoms with Crippen LogP contribution in [0.5, 0.6) is 5.75 Å². The number of carboxylic acid groups (broad SMARTS) is 1. The van der Waals surface area contributed by atoms with E-state index in [1.165, 1.54) is 11.8 Å². The normalized spacial score (nSPS) is 13.6. The minimum Gasteiger partial charge on any atom is -0.497 e. The van der Waals surface area contributed by atoms with Gasteiger partial charge in [0.2, 0.25) is 5.91 Å². The summed E-state index contributed by atoms with van der Waals surface area (Å²) in [4.78, 5) is 24.1. The summed E-state index contributed by atoms with van der Waals surface area (Å²) in [5, 5.41) is 11.3. The predicted octanol–water partition coefficient (Wildman–Crippen LogP) is 2.40. The third-order valence-electron chi connectivity index (χ3n) is 2.97. The van der Waals surface area contributed by atoms with Gasteiger partial charge in [0.05, 0.1) is 12.4 Å². The minimum atomic E-state index is -1.01. The molecule has 116 valence electrons. The monoisotopic (exact) mass is 311 g/mol. The lowest BCUT2D eigenvalue weighted by Crippen LogP contribution is -2.46. The van der Waals surface area contributed by atoms with E-state index < -0.39 is 12.0 Å². The number of nitrogens with one attached hydrogen (secondary N) is 1. The summed E-state index contributed by atoms with van der Waals surface area (Å²) in [7, 11) is 1.59. The van der Waals surface area contributed by atoms with E-state index in [9.17, 15) is 9.59 Å². The Kier molecular flexibility index (Phi) is 6.55. The maximum Gasteiger partial charge on any atom is 0.326 e. The van der Waals surface area contributed by atoms with Gasteiger partial charge in [-0.2, -0.15) is 0 Å². The van der Waals surface area contributed by atoms with Crippen LogP contribution in [-0.4, -0.2) is 35.4 Å². The molecule has 2 N–H and O–H groups in total. The summed E-state index contributed by atoms with van der Waals surface area (Å²) in [6.45, 7) is 5.28. The molecule has 0 radical (unpaired) electrons. The standard InChI is InChI=1S/C15H21NO4S/c1-9(2)13(15(18)19)16-14(17)10(3)21-12-7-5-11(20-4)6-8-12/h5-10,13H,1-4H3,(H,16,17)(H,18,19)/t10?,13-/m0/s1. The Morgan fingerprint density at radius 3 is 2.19 bits per heavy atom. The molecule has 0 bridgehead atoms. The van der Waals surface area contributed by atoms with Gasteiger partial charge in [-0.1, -0.05) is 13.8 Å². The summed E-state index contributed by atoms with van der Waals surface area (Å²) in [6, 6.07) is 6.51. The number of benzene rings is 1. The smallest absolute Gasteiger partial charge is 0.326 e. The zero-order chi connectivity index (χ0) is 16.0. The number of hydrogen-bond donors (Lipinski definition) is 2. The molecule has 21 heavy (non-hydrogen) atoms. The summed E-state index contributed by atoms with van der Waals surface area (Å²) >= 11 is 1.38. The van der Waals surface area contributed by atoms with Gasteiger partial charge in [0.25, 0.3) is 0 Å². The summed E-state index contributed by atoms with van der Waals surface area (Å²) in [6.07, 6.45) is 0. The number of carbonyl (C=O) groups is 2. The first-order valence-electron chi connectivity index (χ1n) is 6.69. The molecule has 1 unspecified atom stereocenters. The van der Waals surface area contributed by atoms with Crippen molar-refractivity contribution in [3.05, 3.63) is 24.3 Å². The van der Waals surface area contributed by atoms with Crippen LogP contribution in [0, 0.1) is 5.92 Å². The van der Waals surface area contributed by atoms with Crippen molar-refractivity contribution in [2.24, 2.45) is 5.92 Å². The molecule has 1 amide bonds. The van der Waals surface area contributed by atoms with Crippen LogP contribution >= 0.6 is 11.8 Å². The number of rotatable bonds is 7. The highest BCUT2D eigenvalue weighted by molar-refractivity contribution is 8.00. The second kappa shape index (κ2) is 7.93. The molecule has 0 aliphatic carbocycles. The Balaban J connectivity index is 2.63. The molecule has 5 nitrogen and oxygen atoms in total. The molecule has 0 fully saturated rings. The molecule has 0 aromatic heterocycles. The van der Waals surface area contributed by atoms with Crippen molar-refractivity contribution in [3.8, 4) is 5.75 Å². The van der Waals surface area contributed by atoms with Crippen molar-refractivity contribution in [2.45, 2.75) is 37.0 Å². The number of hydrogen-bond acceptors (Lipinski definition) is 4. The van der Waals surface area contributed by atoms with Gasteiger partial charge in [-0.05, 0) is 37.1 Å². The van der Waals surface area contributed by atoms with Crippen LogP contribution in [0.3, 0.4) is 0 Å². The quantitative estimate of drug-likeness (QED) is 0.756. The maximum atomic E-state index is 12.1. The highest BCUT2D eigenvalue weighted by atomic mass is 32.2. The molecular formula is C15H21NO4S. The van der Waals surface area contributed by atoms with Crippen molar-refractivity contribution in [2.75, 3.05) is 7.11 Å². The zero-order valence-corrected chi connectivity index (χ0v) is 13.4. The fourth-order valence-corrected chi connectivity index (χ4v) is 2.57. The molecule has 0 saturated carbocycles. The molecule has 0 aliphatic heterocycles. The van der Waals surface area contributed by atoms with Gasteiger partial charge >= 0.3 is 5.97 Å². The van der Waals surface area contributed by atoms with E-state index in [-0.39, 0.29) is 17.1 Å². The van der Waals surface area contributed by atoms with Gasteiger partial charge in [-0.25, -0.2) is 4.79 Å². The topological polar surface area (TPSA) is 75.6 Å². The fraction of sp³-hybridized carbons (Fsp3) is 0.467. The lowest BCUT2D eigenvalue weighted by atomic mass is 10.0. The SMILES string of the molecule is COc1ccc(SC(C)C(=O)N[C@H](C(=O)O)C(C)C)cc1. The molecular weight excluding hydrogens is 290 g/mol. The Bertz CT molecular complexity index is 487. The summed E-state index contributed by atoms with van der Waals surface area (Å²) < 4.78 is 5.07. The third kappa shape index (κ3) is 5.30. The molecule has 0 aliphatic rings. The Hall–Kier alpha value is -1.69. The van der Waals surface area contributed by atoms with Crippen molar-refractivity contribution < 1.29 is 19.4 Å². The lowest BCUT2D eigenvalue weighted by molar-refractivity contribution is -0.143. The first kappa shape index (κ1) is 17.4. The van der Waals surface area contributed by atoms with Gasteiger partial charge < -0.3 is 15.2 Å². The zero-order valence-electron chi connectivity index (χ0n) is 12.6. The van der Waals surface area contributed by atoms with Gasteiger partial charge in [0, 0.05) is 4.90 Å². The van der Waals surface area contributed by atoms with Crippen LogP contribution in [0.25, 0.3) is 0 Å². The highest BCUT2D eigenvalue weighted by Gasteiger charge is 2.26. The molecule has 0 spiro atoms. The van der Waals surface area contributed by atoms with Gasteiger partial charge in [0.15, 0.2) is 0 Å². The minimum absolute atomic E-state index is 0.162. The second-order valence-corrected chi connectivity index (χ2v) is 6.42. The van der Waals surface area contributed by atoms with Crippen LogP contribution in [0.1, 0.15) is 20.8 Å². The fourth-order valence-electron chi connectivity index (χ4n) is 1.70. The Morgan fingerprint density at radius 2 is 1.76 bits per heavy atom. The third-order valence-corrected chi connectivity index (χ3v) is 4.08. The number of thioether (sulfide) groups is 1. The van der Waals surface area contributed by atoms with Gasteiger partial charge in [-0.15, -0.1) is 11.8 Å². The van der Waals surface area contributed by atoms with Crippen LogP contribution in [0.15, 0.2) is 29.2 Å². The molecule has 1 aromatic rings. The average Bonchev–Trinajstić information content (AvgIpc) is 2.44. The number of methoxy groups -OCH3 is 1. The molecule has 1 rings (SSSR count). The van der Waals surface area contributed by atoms with Crippen molar-refractivity contribution in [3.63, 3.8) is 0 Å². The van der Waals surface area contributed by atoms with E-state index >= 15 is 0 Å². The van der Waals surface area contributed by atoms with E-state index in [1.54, 1.807) is 27.9 Å². The van der Waals surface area contributed by atoms with E-state index in [1.807, 2.05) is 24.3 Å². The van der Waals surface area contributed by atoms with Crippen molar-refractivity contribution >= 4 is 23.6 Å². The first-order valence-corrected chi connectivity index (χ1v) is 7.57. The van der Waals surface area contributed by atoms with Crippen LogP contribution in [0.2, 0.25) is 0 Å². The van der Waals surface area contributed by atoms with E-state index in [0.29, 0.717) is 0 Å². The molecule has 2 atom stereocenters. The largest absolute Gasteiger partial charge is 0.497 e. The van der Waals surface area contributed by atoms with E-state index in [2.05, 4.69) is 5.32 Å². The van der Waals surface area contributed by atoms with Crippen LogP contribution in [-0.2, 0) is 9.59 Å². The molecule has 0 heterocycles. The Morgan fingerprint density at radius 1 is 1.19 bits per heavy atom. The maximum absolute atomic E-state index is 12.1. The van der Waals surface area contributed by atoms with Gasteiger partial charge in [-0.3, -0.25) is 4.79 Å². The number of ether oxygens (including phenoxy) is 1. The first-order chi connectivity index (χ1) is 9.85. The summed E-state index contributed by atoms with van der Waals surface area (Å²) in [5.41, 5.74) is 0. The molecule has 0 saturated heterocycles. The van der Waals surface area contributed by atoms with Crippen molar-refractivity contribution in [1.82, 2.24) is 5.32 Å². The number of carbonyl (C=O) groups excluding carboxylic acids is 1. The number of carboxylic acids is 1. The van der Waals surface area contributed by atoms with E-state index in [0.717, 1.165) is 10.6 Å². The van der Waals surface area contributed by atoms with Crippen LogP contribution < -0.4 is 10.1 Å². The lowest BCUT2D eigenvalue weighted by Gasteiger charge is -2.20. The van der Waals surface area contributed by atoms with Crippen molar-refractivity contribution in [1.29, 1.82) is 0 Å². The molecule has 1 aromatic carbocycles. The average molecular weight is 311 g/mol. The number of amides is 1. The second-order valence-electron chi connectivity index (χ2n) is 5.00. The van der Waals surface area contributed by atoms with E-state index in [4.69, 9.17) is 9.84 Å². The highest BCUT2D eigenvalue weighted by Crippen LogP contribution is 2.25. The summed E-state index contributed by atoms with van der Waals surface area (Å²) in [5.74, 6) is -0.705.